The van der Waals surface area contributed by atoms with Gasteiger partial charge in [0.05, 0.1) is 5.92 Å². The molecule has 112 valence electrons. The Bertz CT molecular complexity index is 277. The van der Waals surface area contributed by atoms with E-state index in [1.807, 2.05) is 13.8 Å². The molecule has 0 aromatic heterocycles. The van der Waals surface area contributed by atoms with E-state index in [-0.39, 0.29) is 12.0 Å². The molecule has 1 atom stereocenters. The van der Waals surface area contributed by atoms with Gasteiger partial charge in [-0.2, -0.15) is 0 Å². The van der Waals surface area contributed by atoms with E-state index in [1.165, 1.54) is 0 Å². The van der Waals surface area contributed by atoms with Crippen molar-refractivity contribution in [3.63, 3.8) is 0 Å². The summed E-state index contributed by atoms with van der Waals surface area (Å²) in [5, 5.41) is 12.4. The van der Waals surface area contributed by atoms with E-state index >= 15 is 0 Å². The van der Waals surface area contributed by atoms with Crippen molar-refractivity contribution in [2.75, 3.05) is 6.54 Å². The molecule has 0 heterocycles. The summed E-state index contributed by atoms with van der Waals surface area (Å²) in [6.45, 7) is 4.45. The molecular weight excluding hydrogens is 252 g/mol. The lowest BCUT2D eigenvalue weighted by molar-refractivity contribution is -0.142. The zero-order valence-corrected chi connectivity index (χ0v) is 11.7. The Morgan fingerprint density at radius 1 is 1.26 bits per heavy atom. The summed E-state index contributed by atoms with van der Waals surface area (Å²) in [5.41, 5.74) is 0. The summed E-state index contributed by atoms with van der Waals surface area (Å²) in [6.07, 6.45) is 0.962. The van der Waals surface area contributed by atoms with Crippen molar-refractivity contribution in [1.82, 2.24) is 5.32 Å². The highest BCUT2D eigenvalue weighted by atomic mass is 19.3. The van der Waals surface area contributed by atoms with Gasteiger partial charge in [0, 0.05) is 18.5 Å². The van der Waals surface area contributed by atoms with Crippen molar-refractivity contribution in [2.45, 2.75) is 58.4 Å². The molecule has 19 heavy (non-hydrogen) atoms. The summed E-state index contributed by atoms with van der Waals surface area (Å²) in [5.74, 6) is -1.28. The highest BCUT2D eigenvalue weighted by Crippen LogP contribution is 2.29. The molecule has 0 aliphatic heterocycles. The fourth-order valence-corrected chi connectivity index (χ4v) is 2.72. The SMILES string of the molecule is CC(C)CC(CNC1CCC(C(F)F)CC1)C(=O)O. The molecule has 0 spiro atoms. The van der Waals surface area contributed by atoms with Gasteiger partial charge < -0.3 is 10.4 Å². The Balaban J connectivity index is 2.30. The van der Waals surface area contributed by atoms with Gasteiger partial charge in [0.15, 0.2) is 0 Å². The van der Waals surface area contributed by atoms with E-state index in [0.29, 0.717) is 31.7 Å². The lowest BCUT2D eigenvalue weighted by Crippen LogP contribution is -2.39. The van der Waals surface area contributed by atoms with Crippen molar-refractivity contribution in [2.24, 2.45) is 17.8 Å². The number of aliphatic carboxylic acids is 1. The molecule has 1 aliphatic carbocycles. The van der Waals surface area contributed by atoms with Gasteiger partial charge in [-0.1, -0.05) is 13.8 Å². The molecule has 5 heteroatoms. The van der Waals surface area contributed by atoms with Crippen molar-refractivity contribution >= 4 is 5.97 Å². The summed E-state index contributed by atoms with van der Waals surface area (Å²) in [6, 6.07) is 0.198. The van der Waals surface area contributed by atoms with Crippen molar-refractivity contribution in [3.05, 3.63) is 0 Å². The zero-order chi connectivity index (χ0) is 14.4. The highest BCUT2D eigenvalue weighted by molar-refractivity contribution is 5.70. The second-order valence-corrected chi connectivity index (χ2v) is 6.02. The third-order valence-electron chi connectivity index (χ3n) is 3.89. The molecule has 1 saturated carbocycles. The molecule has 0 amide bonds. The smallest absolute Gasteiger partial charge is 0.307 e. The first-order valence-corrected chi connectivity index (χ1v) is 7.14. The molecule has 3 nitrogen and oxygen atoms in total. The number of carbonyl (C=O) groups is 1. The van der Waals surface area contributed by atoms with E-state index in [0.717, 1.165) is 12.8 Å². The van der Waals surface area contributed by atoms with Crippen LogP contribution >= 0.6 is 0 Å². The minimum absolute atomic E-state index is 0.198. The molecule has 1 unspecified atom stereocenters. The predicted octanol–water partition coefficient (Wildman–Crippen LogP) is 3.15. The van der Waals surface area contributed by atoms with E-state index in [1.54, 1.807) is 0 Å². The van der Waals surface area contributed by atoms with Crippen LogP contribution in [0.1, 0.15) is 46.0 Å². The molecule has 0 radical (unpaired) electrons. The third-order valence-corrected chi connectivity index (χ3v) is 3.89. The fourth-order valence-electron chi connectivity index (χ4n) is 2.72. The maximum absolute atomic E-state index is 12.5. The van der Waals surface area contributed by atoms with E-state index < -0.39 is 18.3 Å². The van der Waals surface area contributed by atoms with E-state index in [9.17, 15) is 13.6 Å². The van der Waals surface area contributed by atoms with Gasteiger partial charge in [0.2, 0.25) is 6.43 Å². The van der Waals surface area contributed by atoms with Gasteiger partial charge in [-0.15, -0.1) is 0 Å². The zero-order valence-electron chi connectivity index (χ0n) is 11.7. The minimum Gasteiger partial charge on any atom is -0.481 e. The van der Waals surface area contributed by atoms with Crippen molar-refractivity contribution in [3.8, 4) is 0 Å². The molecule has 0 aromatic rings. The van der Waals surface area contributed by atoms with Crippen LogP contribution in [0.4, 0.5) is 8.78 Å². The van der Waals surface area contributed by atoms with Crippen molar-refractivity contribution in [1.29, 1.82) is 0 Å². The van der Waals surface area contributed by atoms with E-state index in [4.69, 9.17) is 5.11 Å². The minimum atomic E-state index is -2.21. The first kappa shape index (κ1) is 16.3. The summed E-state index contributed by atoms with van der Waals surface area (Å²) in [4.78, 5) is 11.1. The largest absolute Gasteiger partial charge is 0.481 e. The second-order valence-electron chi connectivity index (χ2n) is 6.02. The van der Waals surface area contributed by atoms with Crippen LogP contribution in [-0.2, 0) is 4.79 Å². The predicted molar refractivity (Wildman–Crippen MR) is 70.3 cm³/mol. The maximum Gasteiger partial charge on any atom is 0.307 e. The lowest BCUT2D eigenvalue weighted by Gasteiger charge is -2.29. The molecule has 1 aliphatic rings. The molecule has 0 aromatic carbocycles. The van der Waals surface area contributed by atoms with Crippen LogP contribution in [-0.4, -0.2) is 30.1 Å². The Morgan fingerprint density at radius 2 is 1.84 bits per heavy atom. The van der Waals surface area contributed by atoms with Crippen LogP contribution in [0.5, 0.6) is 0 Å². The number of hydrogen-bond donors (Lipinski definition) is 2. The fraction of sp³-hybridized carbons (Fsp3) is 0.929. The summed E-state index contributed by atoms with van der Waals surface area (Å²) < 4.78 is 25.0. The molecule has 2 N–H and O–H groups in total. The van der Waals surface area contributed by atoms with Gasteiger partial charge in [0.25, 0.3) is 0 Å². The molecule has 0 saturated heterocycles. The molecule has 1 rings (SSSR count). The van der Waals surface area contributed by atoms with Crippen LogP contribution in [0.3, 0.4) is 0 Å². The Kier molecular flexibility index (Phi) is 6.69. The Morgan fingerprint density at radius 3 is 2.26 bits per heavy atom. The topological polar surface area (TPSA) is 49.3 Å². The molecule has 1 fully saturated rings. The van der Waals surface area contributed by atoms with Crippen LogP contribution in [0.15, 0.2) is 0 Å². The van der Waals surface area contributed by atoms with Gasteiger partial charge in [-0.05, 0) is 38.0 Å². The van der Waals surface area contributed by atoms with Gasteiger partial charge in [0.1, 0.15) is 0 Å². The molecule has 0 bridgehead atoms. The normalized spacial score (nSPS) is 25.8. The highest BCUT2D eigenvalue weighted by Gasteiger charge is 2.28. The first-order chi connectivity index (χ1) is 8.90. The molecular formula is C14H25F2NO2. The summed E-state index contributed by atoms with van der Waals surface area (Å²) >= 11 is 0. The van der Waals surface area contributed by atoms with Gasteiger partial charge in [-0.25, -0.2) is 8.78 Å². The number of hydrogen-bond acceptors (Lipinski definition) is 2. The standard InChI is InChI=1S/C14H25F2NO2/c1-9(2)7-11(14(18)19)8-17-12-5-3-10(4-6-12)13(15)16/h9-13,17H,3-8H2,1-2H3,(H,18,19). The Labute approximate surface area is 113 Å². The maximum atomic E-state index is 12.5. The number of halogens is 2. The first-order valence-electron chi connectivity index (χ1n) is 7.14. The third kappa shape index (κ3) is 5.85. The number of rotatable bonds is 7. The van der Waals surface area contributed by atoms with Gasteiger partial charge in [-0.3, -0.25) is 4.79 Å². The Hall–Kier alpha value is -0.710. The van der Waals surface area contributed by atoms with Crippen molar-refractivity contribution < 1.29 is 18.7 Å². The lowest BCUT2D eigenvalue weighted by atomic mass is 9.86. The van der Waals surface area contributed by atoms with Crippen LogP contribution in [0.25, 0.3) is 0 Å². The number of nitrogens with one attached hydrogen (secondary N) is 1. The van der Waals surface area contributed by atoms with Crippen LogP contribution in [0, 0.1) is 17.8 Å². The van der Waals surface area contributed by atoms with Crippen LogP contribution < -0.4 is 5.32 Å². The number of alkyl halides is 2. The summed E-state index contributed by atoms with van der Waals surface area (Å²) in [7, 11) is 0. The number of carboxylic acids is 1. The van der Waals surface area contributed by atoms with Gasteiger partial charge >= 0.3 is 5.97 Å². The second kappa shape index (κ2) is 7.78. The monoisotopic (exact) mass is 277 g/mol. The average molecular weight is 277 g/mol. The van der Waals surface area contributed by atoms with Crippen LogP contribution in [0.2, 0.25) is 0 Å². The van der Waals surface area contributed by atoms with E-state index in [2.05, 4.69) is 5.32 Å². The number of carboxylic acid groups (broad SMARTS) is 1. The average Bonchev–Trinajstić information content (AvgIpc) is 2.34. The quantitative estimate of drug-likeness (QED) is 0.751.